The Morgan fingerprint density at radius 3 is 2.59 bits per heavy atom. The number of nitrogens with two attached hydrogens (primary N) is 1. The van der Waals surface area contributed by atoms with Crippen LogP contribution < -0.4 is 5.73 Å². The van der Waals surface area contributed by atoms with E-state index in [1.807, 2.05) is 30.3 Å². The Labute approximate surface area is 113 Å². The molecule has 0 saturated carbocycles. The van der Waals surface area contributed by atoms with Crippen LogP contribution in [0.4, 0.5) is 5.82 Å². The summed E-state index contributed by atoms with van der Waals surface area (Å²) in [6, 6.07) is 9.76. The Bertz CT molecular complexity index is 517. The molecular weight excluding hydrogens is 329 g/mol. The van der Waals surface area contributed by atoms with Crippen molar-refractivity contribution in [2.75, 3.05) is 12.8 Å². The van der Waals surface area contributed by atoms with Crippen molar-refractivity contribution in [3.63, 3.8) is 0 Å². The van der Waals surface area contributed by atoms with Gasteiger partial charge in [0.15, 0.2) is 5.82 Å². The quantitative estimate of drug-likeness (QED) is 0.872. The van der Waals surface area contributed by atoms with Crippen molar-refractivity contribution in [2.45, 2.75) is 6.61 Å². The van der Waals surface area contributed by atoms with E-state index >= 15 is 0 Å². The van der Waals surface area contributed by atoms with E-state index in [0.717, 1.165) is 14.8 Å². The molecule has 0 spiro atoms. The van der Waals surface area contributed by atoms with Crippen molar-refractivity contribution in [2.24, 2.45) is 0 Å². The van der Waals surface area contributed by atoms with E-state index in [2.05, 4.69) is 32.6 Å². The highest BCUT2D eigenvalue weighted by atomic mass is 127. The van der Waals surface area contributed by atoms with Gasteiger partial charge >= 0.3 is 0 Å². The molecule has 17 heavy (non-hydrogen) atoms. The van der Waals surface area contributed by atoms with Crippen molar-refractivity contribution >= 4 is 28.4 Å². The van der Waals surface area contributed by atoms with E-state index in [4.69, 9.17) is 10.5 Å². The normalized spacial score (nSPS) is 10.5. The number of rotatable bonds is 3. The van der Waals surface area contributed by atoms with Gasteiger partial charge in [0.1, 0.15) is 5.82 Å². The molecule has 4 nitrogen and oxygen atoms in total. The van der Waals surface area contributed by atoms with Crippen molar-refractivity contribution < 1.29 is 4.74 Å². The van der Waals surface area contributed by atoms with Crippen LogP contribution in [0.1, 0.15) is 5.69 Å². The van der Waals surface area contributed by atoms with Gasteiger partial charge in [-0.05, 0) is 22.6 Å². The molecule has 5 heteroatoms. The predicted octanol–water partition coefficient (Wildman–Crippen LogP) is 2.48. The first-order valence-corrected chi connectivity index (χ1v) is 6.16. The third-order valence-corrected chi connectivity index (χ3v) is 3.43. The first-order valence-electron chi connectivity index (χ1n) is 5.08. The standard InChI is InChI=1S/C12H12IN3O/c1-17-7-9-10(13)11(14)16-12(15-9)8-5-3-2-4-6-8/h2-6H,7H2,1H3,(H2,14,15,16). The van der Waals surface area contributed by atoms with Gasteiger partial charge in [0.2, 0.25) is 0 Å². The third-order valence-electron chi connectivity index (χ3n) is 2.26. The Kier molecular flexibility index (Phi) is 3.90. The molecule has 0 saturated heterocycles. The molecule has 1 heterocycles. The molecule has 0 aliphatic carbocycles. The maximum atomic E-state index is 5.87. The molecule has 0 atom stereocenters. The van der Waals surface area contributed by atoms with Crippen LogP contribution in [0.2, 0.25) is 0 Å². The fraction of sp³-hybridized carbons (Fsp3) is 0.167. The zero-order valence-electron chi connectivity index (χ0n) is 9.35. The second-order valence-electron chi connectivity index (χ2n) is 3.49. The first kappa shape index (κ1) is 12.3. The number of anilines is 1. The monoisotopic (exact) mass is 341 g/mol. The van der Waals surface area contributed by atoms with Crippen molar-refractivity contribution in [1.82, 2.24) is 9.97 Å². The number of nitrogen functional groups attached to an aromatic ring is 1. The van der Waals surface area contributed by atoms with Crippen LogP contribution >= 0.6 is 22.6 Å². The van der Waals surface area contributed by atoms with Crippen LogP contribution in [0, 0.1) is 3.57 Å². The van der Waals surface area contributed by atoms with Gasteiger partial charge in [-0.1, -0.05) is 30.3 Å². The summed E-state index contributed by atoms with van der Waals surface area (Å²) in [6.07, 6.45) is 0. The number of aromatic nitrogens is 2. The summed E-state index contributed by atoms with van der Waals surface area (Å²) >= 11 is 2.13. The topological polar surface area (TPSA) is 61.0 Å². The lowest BCUT2D eigenvalue weighted by atomic mass is 10.2. The Balaban J connectivity index is 2.49. The van der Waals surface area contributed by atoms with E-state index in [0.29, 0.717) is 18.2 Å². The number of ether oxygens (including phenoxy) is 1. The number of halogens is 1. The molecular formula is C12H12IN3O. The Morgan fingerprint density at radius 1 is 1.24 bits per heavy atom. The fourth-order valence-electron chi connectivity index (χ4n) is 1.46. The minimum absolute atomic E-state index is 0.435. The fourth-order valence-corrected chi connectivity index (χ4v) is 1.86. The number of nitrogens with zero attached hydrogens (tertiary/aromatic N) is 2. The highest BCUT2D eigenvalue weighted by molar-refractivity contribution is 14.1. The van der Waals surface area contributed by atoms with E-state index < -0.39 is 0 Å². The van der Waals surface area contributed by atoms with Crippen LogP contribution in [-0.2, 0) is 11.3 Å². The van der Waals surface area contributed by atoms with E-state index in [1.165, 1.54) is 0 Å². The predicted molar refractivity (Wildman–Crippen MR) is 75.3 cm³/mol. The van der Waals surface area contributed by atoms with E-state index in [1.54, 1.807) is 7.11 Å². The van der Waals surface area contributed by atoms with Crippen LogP contribution in [-0.4, -0.2) is 17.1 Å². The molecule has 1 aromatic heterocycles. The van der Waals surface area contributed by atoms with E-state index in [9.17, 15) is 0 Å². The largest absolute Gasteiger partial charge is 0.383 e. The molecule has 2 rings (SSSR count). The molecule has 88 valence electrons. The first-order chi connectivity index (χ1) is 8.22. The molecule has 0 unspecified atom stereocenters. The molecule has 0 radical (unpaired) electrons. The van der Waals surface area contributed by atoms with Gasteiger partial charge in [-0.2, -0.15) is 0 Å². The zero-order chi connectivity index (χ0) is 12.3. The molecule has 0 fully saturated rings. The van der Waals surface area contributed by atoms with Gasteiger partial charge < -0.3 is 10.5 Å². The number of hydrogen-bond donors (Lipinski definition) is 1. The Hall–Kier alpha value is -1.21. The minimum atomic E-state index is 0.435. The van der Waals surface area contributed by atoms with Gasteiger partial charge in [-0.25, -0.2) is 9.97 Å². The van der Waals surface area contributed by atoms with Crippen molar-refractivity contribution in [3.8, 4) is 11.4 Å². The highest BCUT2D eigenvalue weighted by Gasteiger charge is 2.10. The second-order valence-corrected chi connectivity index (χ2v) is 4.57. The van der Waals surface area contributed by atoms with Crippen LogP contribution in [0.25, 0.3) is 11.4 Å². The lowest BCUT2D eigenvalue weighted by molar-refractivity contribution is 0.181. The number of methoxy groups -OCH3 is 1. The summed E-state index contributed by atoms with van der Waals surface area (Å²) < 4.78 is 5.95. The summed E-state index contributed by atoms with van der Waals surface area (Å²) in [6.45, 7) is 0.435. The highest BCUT2D eigenvalue weighted by Crippen LogP contribution is 2.22. The van der Waals surface area contributed by atoms with Gasteiger partial charge in [-0.15, -0.1) is 0 Å². The van der Waals surface area contributed by atoms with Crippen LogP contribution in [0.5, 0.6) is 0 Å². The average molecular weight is 341 g/mol. The summed E-state index contributed by atoms with van der Waals surface area (Å²) in [5.41, 5.74) is 7.65. The molecule has 2 N–H and O–H groups in total. The second kappa shape index (κ2) is 5.42. The van der Waals surface area contributed by atoms with E-state index in [-0.39, 0.29) is 0 Å². The molecule has 0 aliphatic heterocycles. The number of hydrogen-bond acceptors (Lipinski definition) is 4. The lowest BCUT2D eigenvalue weighted by Crippen LogP contribution is -2.05. The third kappa shape index (κ3) is 2.73. The molecule has 0 aliphatic rings. The van der Waals surface area contributed by atoms with Crippen LogP contribution in [0.15, 0.2) is 30.3 Å². The smallest absolute Gasteiger partial charge is 0.161 e. The number of benzene rings is 1. The molecule has 1 aromatic carbocycles. The lowest BCUT2D eigenvalue weighted by Gasteiger charge is -2.08. The maximum absolute atomic E-state index is 5.87. The summed E-state index contributed by atoms with van der Waals surface area (Å²) in [4.78, 5) is 8.76. The van der Waals surface area contributed by atoms with Gasteiger partial charge in [0.25, 0.3) is 0 Å². The SMILES string of the molecule is COCc1nc(-c2ccccc2)nc(N)c1I. The minimum Gasteiger partial charge on any atom is -0.383 e. The summed E-state index contributed by atoms with van der Waals surface area (Å²) in [5.74, 6) is 1.13. The molecule has 0 amide bonds. The van der Waals surface area contributed by atoms with Gasteiger partial charge in [0.05, 0.1) is 15.9 Å². The van der Waals surface area contributed by atoms with Gasteiger partial charge in [-0.3, -0.25) is 0 Å². The Morgan fingerprint density at radius 2 is 1.94 bits per heavy atom. The average Bonchev–Trinajstić information content (AvgIpc) is 2.36. The summed E-state index contributed by atoms with van der Waals surface area (Å²) in [7, 11) is 1.64. The molecule has 0 bridgehead atoms. The molecule has 2 aromatic rings. The van der Waals surface area contributed by atoms with Crippen molar-refractivity contribution in [1.29, 1.82) is 0 Å². The zero-order valence-corrected chi connectivity index (χ0v) is 11.5. The van der Waals surface area contributed by atoms with Gasteiger partial charge in [0, 0.05) is 12.7 Å². The maximum Gasteiger partial charge on any atom is 0.161 e. The van der Waals surface area contributed by atoms with Crippen molar-refractivity contribution in [3.05, 3.63) is 39.6 Å². The van der Waals surface area contributed by atoms with Crippen LogP contribution in [0.3, 0.4) is 0 Å². The summed E-state index contributed by atoms with van der Waals surface area (Å²) in [5, 5.41) is 0.